The van der Waals surface area contributed by atoms with Crippen molar-refractivity contribution >= 4 is 40.7 Å². The Kier molecular flexibility index (Phi) is 4.38. The smallest absolute Gasteiger partial charge is 0.254 e. The fraction of sp³-hybridized carbons (Fsp3) is 0.118. The number of carbonyl (C=O) groups is 3. The number of nitrogens with zero attached hydrogens (tertiary/aromatic N) is 2. The van der Waals surface area contributed by atoms with Gasteiger partial charge >= 0.3 is 0 Å². The van der Waals surface area contributed by atoms with Gasteiger partial charge in [0.05, 0.1) is 22.5 Å². The zero-order chi connectivity index (χ0) is 18.8. The topological polar surface area (TPSA) is 129 Å². The number of hydrogen-bond acceptors (Lipinski definition) is 6. The minimum atomic E-state index is -0.999. The van der Waals surface area contributed by atoms with Gasteiger partial charge in [0.1, 0.15) is 6.04 Å². The molecule has 4 rings (SSSR count). The van der Waals surface area contributed by atoms with Gasteiger partial charge in [0, 0.05) is 0 Å². The van der Waals surface area contributed by atoms with Crippen LogP contribution < -0.4 is 16.0 Å². The maximum atomic E-state index is 12.3. The number of aromatic amines is 1. The maximum Gasteiger partial charge on any atom is 0.254 e. The van der Waals surface area contributed by atoms with Crippen molar-refractivity contribution < 1.29 is 14.4 Å². The summed E-state index contributed by atoms with van der Waals surface area (Å²) >= 11 is 1.49. The van der Waals surface area contributed by atoms with Crippen molar-refractivity contribution in [3.63, 3.8) is 0 Å². The van der Waals surface area contributed by atoms with Crippen molar-refractivity contribution in [2.75, 3.05) is 10.6 Å². The molecule has 4 N–H and O–H groups in total. The number of rotatable bonds is 4. The SMILES string of the molecule is O=C(C[C@H]1NC(=O)c2ccccc2NC1=O)Nc1n[nH]c(-c2cccs2)n1. The van der Waals surface area contributed by atoms with E-state index in [9.17, 15) is 14.4 Å². The van der Waals surface area contributed by atoms with Crippen molar-refractivity contribution in [3.8, 4) is 10.7 Å². The number of amides is 3. The molecule has 1 aliphatic heterocycles. The molecule has 0 unspecified atom stereocenters. The van der Waals surface area contributed by atoms with Gasteiger partial charge in [0.15, 0.2) is 5.82 Å². The molecule has 3 amide bonds. The fourth-order valence-electron chi connectivity index (χ4n) is 2.66. The van der Waals surface area contributed by atoms with Crippen LogP contribution in [0.25, 0.3) is 10.7 Å². The highest BCUT2D eigenvalue weighted by Crippen LogP contribution is 2.22. The monoisotopic (exact) mass is 382 g/mol. The molecule has 10 heteroatoms. The highest BCUT2D eigenvalue weighted by Gasteiger charge is 2.29. The average molecular weight is 382 g/mol. The van der Waals surface area contributed by atoms with E-state index in [2.05, 4.69) is 31.1 Å². The number of benzene rings is 1. The summed E-state index contributed by atoms with van der Waals surface area (Å²) in [6.45, 7) is 0. The van der Waals surface area contributed by atoms with Gasteiger partial charge in [-0.05, 0) is 23.6 Å². The molecule has 2 aromatic heterocycles. The first kappa shape index (κ1) is 16.9. The Balaban J connectivity index is 1.42. The molecule has 0 fully saturated rings. The van der Waals surface area contributed by atoms with Crippen LogP contribution in [0, 0.1) is 0 Å². The largest absolute Gasteiger partial charge is 0.340 e. The third-order valence-electron chi connectivity index (χ3n) is 3.93. The summed E-state index contributed by atoms with van der Waals surface area (Å²) in [4.78, 5) is 42.0. The van der Waals surface area contributed by atoms with E-state index in [4.69, 9.17) is 0 Å². The molecule has 0 radical (unpaired) electrons. The van der Waals surface area contributed by atoms with E-state index in [0.29, 0.717) is 17.1 Å². The predicted octanol–water partition coefficient (Wildman–Crippen LogP) is 1.61. The highest BCUT2D eigenvalue weighted by molar-refractivity contribution is 7.13. The Morgan fingerprint density at radius 1 is 1.19 bits per heavy atom. The predicted molar refractivity (Wildman–Crippen MR) is 99.3 cm³/mol. The molecule has 27 heavy (non-hydrogen) atoms. The van der Waals surface area contributed by atoms with Crippen LogP contribution in [-0.2, 0) is 9.59 Å². The standard InChI is InChI=1S/C17H14N6O3S/c24-13(20-17-21-14(22-23-17)12-6-3-7-27-12)8-11-16(26)18-10-5-2-1-4-9(10)15(25)19-11/h1-7,11H,8H2,(H,18,26)(H,19,25)(H2,20,21,22,23,24)/t11-/m1/s1. The lowest BCUT2D eigenvalue weighted by Crippen LogP contribution is -2.43. The van der Waals surface area contributed by atoms with Gasteiger partial charge in [-0.3, -0.25) is 24.8 Å². The Hall–Kier alpha value is -3.53. The first-order chi connectivity index (χ1) is 13.1. The molecule has 0 bridgehead atoms. The molecule has 3 heterocycles. The first-order valence-electron chi connectivity index (χ1n) is 8.07. The van der Waals surface area contributed by atoms with Crippen molar-refractivity contribution in [2.24, 2.45) is 0 Å². The number of hydrogen-bond donors (Lipinski definition) is 4. The summed E-state index contributed by atoms with van der Waals surface area (Å²) in [5.41, 5.74) is 0.765. The van der Waals surface area contributed by atoms with Gasteiger partial charge in [0.2, 0.25) is 17.8 Å². The lowest BCUT2D eigenvalue weighted by atomic mass is 10.1. The van der Waals surface area contributed by atoms with Gasteiger partial charge in [-0.2, -0.15) is 4.98 Å². The molecule has 0 saturated carbocycles. The second kappa shape index (κ2) is 7.00. The normalized spacial score (nSPS) is 16.1. The van der Waals surface area contributed by atoms with E-state index in [1.807, 2.05) is 17.5 Å². The van der Waals surface area contributed by atoms with Crippen LogP contribution in [0.1, 0.15) is 16.8 Å². The molecule has 1 aromatic carbocycles. The number of anilines is 2. The van der Waals surface area contributed by atoms with Gasteiger partial charge in [-0.15, -0.1) is 16.4 Å². The van der Waals surface area contributed by atoms with Gasteiger partial charge in [0.25, 0.3) is 5.91 Å². The van der Waals surface area contributed by atoms with E-state index in [0.717, 1.165) is 4.88 Å². The zero-order valence-electron chi connectivity index (χ0n) is 13.9. The quantitative estimate of drug-likeness (QED) is 0.545. The van der Waals surface area contributed by atoms with Crippen LogP contribution in [0.4, 0.5) is 11.6 Å². The number of fused-ring (bicyclic) bond motifs is 1. The summed E-state index contributed by atoms with van der Waals surface area (Å²) in [7, 11) is 0. The summed E-state index contributed by atoms with van der Waals surface area (Å²) in [6.07, 6.45) is -0.242. The number of nitrogens with one attached hydrogen (secondary N) is 4. The van der Waals surface area contributed by atoms with Crippen LogP contribution in [0.15, 0.2) is 41.8 Å². The van der Waals surface area contributed by atoms with Crippen molar-refractivity contribution in [3.05, 3.63) is 47.3 Å². The molecule has 9 nitrogen and oxygen atoms in total. The minimum absolute atomic E-state index is 0.104. The van der Waals surface area contributed by atoms with E-state index in [1.54, 1.807) is 24.3 Å². The van der Waals surface area contributed by atoms with Crippen molar-refractivity contribution in [2.45, 2.75) is 12.5 Å². The molecular weight excluding hydrogens is 368 g/mol. The van der Waals surface area contributed by atoms with Crippen LogP contribution in [0.5, 0.6) is 0 Å². The number of aromatic nitrogens is 3. The molecule has 136 valence electrons. The molecular formula is C17H14N6O3S. The number of H-pyrrole nitrogens is 1. The van der Waals surface area contributed by atoms with Gasteiger partial charge in [-0.25, -0.2) is 0 Å². The third kappa shape index (κ3) is 3.55. The molecule has 0 saturated heterocycles. The van der Waals surface area contributed by atoms with Crippen LogP contribution in [0.2, 0.25) is 0 Å². The Morgan fingerprint density at radius 2 is 2.04 bits per heavy atom. The van der Waals surface area contributed by atoms with Crippen molar-refractivity contribution in [1.29, 1.82) is 0 Å². The zero-order valence-corrected chi connectivity index (χ0v) is 14.7. The second-order valence-electron chi connectivity index (χ2n) is 5.80. The van der Waals surface area contributed by atoms with E-state index in [1.165, 1.54) is 11.3 Å². The van der Waals surface area contributed by atoms with E-state index in [-0.39, 0.29) is 12.4 Å². The second-order valence-corrected chi connectivity index (χ2v) is 6.75. The maximum absolute atomic E-state index is 12.3. The number of para-hydroxylation sites is 1. The van der Waals surface area contributed by atoms with E-state index < -0.39 is 23.8 Å². The van der Waals surface area contributed by atoms with E-state index >= 15 is 0 Å². The van der Waals surface area contributed by atoms with Crippen LogP contribution in [-0.4, -0.2) is 38.9 Å². The van der Waals surface area contributed by atoms with Crippen molar-refractivity contribution in [1.82, 2.24) is 20.5 Å². The Bertz CT molecular complexity index is 1010. The lowest BCUT2D eigenvalue weighted by molar-refractivity contribution is -0.122. The average Bonchev–Trinajstić information content (AvgIpc) is 3.31. The highest BCUT2D eigenvalue weighted by atomic mass is 32.1. The Morgan fingerprint density at radius 3 is 2.85 bits per heavy atom. The lowest BCUT2D eigenvalue weighted by Gasteiger charge is -2.13. The molecule has 1 atom stereocenters. The summed E-state index contributed by atoms with van der Waals surface area (Å²) < 4.78 is 0. The summed E-state index contributed by atoms with van der Waals surface area (Å²) in [5.74, 6) is -0.723. The van der Waals surface area contributed by atoms with Crippen LogP contribution >= 0.6 is 11.3 Å². The Labute approximate surface area is 157 Å². The summed E-state index contributed by atoms with van der Waals surface area (Å²) in [6, 6.07) is 9.41. The third-order valence-corrected chi connectivity index (χ3v) is 4.81. The van der Waals surface area contributed by atoms with Crippen LogP contribution in [0.3, 0.4) is 0 Å². The fourth-order valence-corrected chi connectivity index (χ4v) is 3.32. The minimum Gasteiger partial charge on any atom is -0.340 e. The first-order valence-corrected chi connectivity index (χ1v) is 8.95. The number of carbonyl (C=O) groups excluding carboxylic acids is 3. The molecule has 0 spiro atoms. The molecule has 0 aliphatic carbocycles. The molecule has 3 aromatic rings. The van der Waals surface area contributed by atoms with Gasteiger partial charge < -0.3 is 10.6 Å². The number of thiophene rings is 1. The molecule has 1 aliphatic rings. The van der Waals surface area contributed by atoms with Gasteiger partial charge in [-0.1, -0.05) is 18.2 Å². The summed E-state index contributed by atoms with van der Waals surface area (Å²) in [5, 5.41) is 16.3.